The highest BCUT2D eigenvalue weighted by molar-refractivity contribution is 6.00. The molecule has 1 N–H and O–H groups in total. The highest BCUT2D eigenvalue weighted by atomic mass is 16.6. The lowest BCUT2D eigenvalue weighted by Gasteiger charge is -2.28. The summed E-state index contributed by atoms with van der Waals surface area (Å²) in [6.07, 6.45) is 9.96. The minimum absolute atomic E-state index is 0.0915. The number of hydrogen-bond acceptors (Lipinski definition) is 9. The summed E-state index contributed by atoms with van der Waals surface area (Å²) in [5.74, 6) is 2.39. The van der Waals surface area contributed by atoms with E-state index in [4.69, 9.17) is 19.4 Å². The van der Waals surface area contributed by atoms with Gasteiger partial charge in [0, 0.05) is 56.1 Å². The van der Waals surface area contributed by atoms with E-state index in [2.05, 4.69) is 42.5 Å². The molecule has 1 aromatic carbocycles. The largest absolute Gasteiger partial charge is 0.494 e. The Morgan fingerprint density at radius 1 is 1.00 bits per heavy atom. The highest BCUT2D eigenvalue weighted by Crippen LogP contribution is 2.42. The van der Waals surface area contributed by atoms with Crippen molar-refractivity contribution in [3.63, 3.8) is 0 Å². The predicted molar refractivity (Wildman–Crippen MR) is 208 cm³/mol. The minimum atomic E-state index is -0.604. The predicted octanol–water partition coefficient (Wildman–Crippen LogP) is 6.39. The van der Waals surface area contributed by atoms with Crippen LogP contribution < -0.4 is 15.0 Å². The van der Waals surface area contributed by atoms with E-state index in [9.17, 15) is 14.9 Å². The molecule has 2 aliphatic carbocycles. The molecule has 4 aliphatic rings. The molecule has 9 rings (SSSR count). The van der Waals surface area contributed by atoms with Crippen LogP contribution in [0.4, 0.5) is 10.5 Å². The Kier molecular flexibility index (Phi) is 8.67. The number of fused-ring (bicyclic) bond motifs is 4. The quantitative estimate of drug-likeness (QED) is 0.182. The molecule has 0 unspecified atom stereocenters. The molecule has 284 valence electrons. The number of benzene rings is 1. The van der Waals surface area contributed by atoms with E-state index in [1.165, 1.54) is 12.8 Å². The molecule has 5 aromatic rings. The third-order valence-corrected chi connectivity index (χ3v) is 11.8. The summed E-state index contributed by atoms with van der Waals surface area (Å²) in [4.78, 5) is 45.9. The molecule has 0 spiro atoms. The number of amides is 2. The summed E-state index contributed by atoms with van der Waals surface area (Å²) in [6.45, 7) is 9.33. The summed E-state index contributed by atoms with van der Waals surface area (Å²) in [7, 11) is 1.65. The maximum absolute atomic E-state index is 14.4. The second kappa shape index (κ2) is 13.6. The van der Waals surface area contributed by atoms with Crippen molar-refractivity contribution in [3.8, 4) is 23.3 Å². The van der Waals surface area contributed by atoms with Gasteiger partial charge < -0.3 is 33.7 Å². The van der Waals surface area contributed by atoms with E-state index in [-0.39, 0.29) is 29.8 Å². The zero-order valence-electron chi connectivity index (χ0n) is 31.9. The van der Waals surface area contributed by atoms with Crippen LogP contribution in [0.3, 0.4) is 0 Å². The van der Waals surface area contributed by atoms with Crippen molar-refractivity contribution >= 4 is 39.8 Å². The van der Waals surface area contributed by atoms with E-state index in [0.29, 0.717) is 41.4 Å². The Morgan fingerprint density at radius 2 is 1.84 bits per heavy atom. The standard InChI is InChI=1S/C42H47N9O4/c1-42(2,3)55-41(53)47-36-29-9-10-33(36)50(24-29)40(52)30-15-32-37(35(17-30)54-4)51(23-26-11-13-48(21-26)31-14-27(18-43)19-44-20-31)39(46-32)34-16-28-6-5-12-45-38(28)49(34)22-25-7-8-25/h5-6,12,14-17,19-20,25-26,29,33,36H,7-11,13,21-24H2,1-4H3,(H,47,53)/t26-,29+,33+,36+/m0/s1. The molecule has 6 heterocycles. The van der Waals surface area contributed by atoms with Crippen LogP contribution in [0.1, 0.15) is 68.8 Å². The first kappa shape index (κ1) is 35.1. The average Bonchev–Trinajstić information content (AvgIpc) is 3.51. The Balaban J connectivity index is 1.09. The van der Waals surface area contributed by atoms with Gasteiger partial charge in [0.25, 0.3) is 5.91 Å². The molecule has 13 heteroatoms. The number of alkyl carbamates (subject to hydrolysis) is 1. The number of nitrogens with one attached hydrogen (secondary N) is 1. The summed E-state index contributed by atoms with van der Waals surface area (Å²) in [6, 6.07) is 13.9. The Morgan fingerprint density at radius 3 is 2.62 bits per heavy atom. The molecule has 4 atom stereocenters. The molecular formula is C42H47N9O4. The highest BCUT2D eigenvalue weighted by Gasteiger charge is 2.50. The number of methoxy groups -OCH3 is 1. The fraction of sp³-hybridized carbons (Fsp3) is 0.476. The third-order valence-electron chi connectivity index (χ3n) is 11.8. The first-order valence-electron chi connectivity index (χ1n) is 19.5. The van der Waals surface area contributed by atoms with E-state index < -0.39 is 11.7 Å². The maximum atomic E-state index is 14.4. The number of imidazole rings is 1. The maximum Gasteiger partial charge on any atom is 0.407 e. The van der Waals surface area contributed by atoms with E-state index >= 15 is 0 Å². The number of hydrogen-bond donors (Lipinski definition) is 1. The number of ether oxygens (including phenoxy) is 2. The van der Waals surface area contributed by atoms with Crippen LogP contribution >= 0.6 is 0 Å². The van der Waals surface area contributed by atoms with Crippen LogP contribution in [0.5, 0.6) is 5.75 Å². The van der Waals surface area contributed by atoms with Gasteiger partial charge in [-0.25, -0.2) is 14.8 Å². The molecule has 2 saturated carbocycles. The first-order valence-corrected chi connectivity index (χ1v) is 19.5. The Labute approximate surface area is 320 Å². The van der Waals surface area contributed by atoms with Crippen molar-refractivity contribution in [2.24, 2.45) is 17.8 Å². The van der Waals surface area contributed by atoms with Gasteiger partial charge in [0.05, 0.1) is 47.9 Å². The van der Waals surface area contributed by atoms with Crippen molar-refractivity contribution in [2.45, 2.75) is 83.6 Å². The first-order chi connectivity index (χ1) is 26.6. The van der Waals surface area contributed by atoms with Gasteiger partial charge in [-0.15, -0.1) is 0 Å². The molecule has 0 radical (unpaired) electrons. The SMILES string of the molecule is COc1cc(C(=O)N2C[C@H]3CC[C@@H]2[C@@H]3NC(=O)OC(C)(C)C)cc2nc(-c3cc4cccnc4n3CC3CC3)n(C[C@H]3CCN(c4cncc(C#N)c4)C3)c12. The van der Waals surface area contributed by atoms with Crippen LogP contribution in [0.15, 0.2) is 55.0 Å². The fourth-order valence-electron chi connectivity index (χ4n) is 9.09. The molecule has 55 heavy (non-hydrogen) atoms. The zero-order chi connectivity index (χ0) is 38.0. The molecule has 2 bridgehead atoms. The molecule has 2 aliphatic heterocycles. The lowest BCUT2D eigenvalue weighted by atomic mass is 10.1. The number of carbonyl (C=O) groups excluding carboxylic acids is 2. The van der Waals surface area contributed by atoms with Crippen molar-refractivity contribution in [3.05, 3.63) is 66.1 Å². The number of pyridine rings is 2. The van der Waals surface area contributed by atoms with Crippen molar-refractivity contribution in [1.29, 1.82) is 5.26 Å². The van der Waals surface area contributed by atoms with Gasteiger partial charge in [0.1, 0.15) is 28.6 Å². The average molecular weight is 742 g/mol. The van der Waals surface area contributed by atoms with Gasteiger partial charge in [-0.1, -0.05) is 0 Å². The lowest BCUT2D eigenvalue weighted by molar-refractivity contribution is 0.0485. The second-order valence-electron chi connectivity index (χ2n) is 16.8. The van der Waals surface area contributed by atoms with Crippen LogP contribution in [0, 0.1) is 29.1 Å². The number of rotatable bonds is 9. The molecule has 4 fully saturated rings. The van der Waals surface area contributed by atoms with Crippen LogP contribution in [0.25, 0.3) is 33.6 Å². The Hall–Kier alpha value is -5.64. The summed E-state index contributed by atoms with van der Waals surface area (Å²) >= 11 is 0. The molecule has 13 nitrogen and oxygen atoms in total. The van der Waals surface area contributed by atoms with Gasteiger partial charge in [-0.2, -0.15) is 5.26 Å². The van der Waals surface area contributed by atoms with Crippen LogP contribution in [0.2, 0.25) is 0 Å². The number of aromatic nitrogens is 5. The summed E-state index contributed by atoms with van der Waals surface area (Å²) in [5.41, 5.74) is 4.91. The van der Waals surface area contributed by atoms with E-state index in [1.54, 1.807) is 13.3 Å². The minimum Gasteiger partial charge on any atom is -0.494 e. The van der Waals surface area contributed by atoms with Gasteiger partial charge in [0.15, 0.2) is 5.82 Å². The smallest absolute Gasteiger partial charge is 0.407 e. The van der Waals surface area contributed by atoms with Crippen LogP contribution in [-0.2, 0) is 17.8 Å². The lowest BCUT2D eigenvalue weighted by Crippen LogP contribution is -2.46. The number of carbonyl (C=O) groups is 2. The van der Waals surface area contributed by atoms with Crippen molar-refractivity contribution < 1.29 is 19.1 Å². The number of anilines is 1. The summed E-state index contributed by atoms with van der Waals surface area (Å²) < 4.78 is 16.3. The van der Waals surface area contributed by atoms with Crippen molar-refractivity contribution in [1.82, 2.24) is 34.3 Å². The topological polar surface area (TPSA) is 143 Å². The van der Waals surface area contributed by atoms with Gasteiger partial charge in [0.2, 0.25) is 0 Å². The van der Waals surface area contributed by atoms with Gasteiger partial charge >= 0.3 is 6.09 Å². The van der Waals surface area contributed by atoms with Crippen molar-refractivity contribution in [2.75, 3.05) is 31.6 Å². The molecular weight excluding hydrogens is 695 g/mol. The number of nitriles is 1. The number of nitrogens with zero attached hydrogens (tertiary/aromatic N) is 8. The van der Waals surface area contributed by atoms with E-state index in [0.717, 1.165) is 72.7 Å². The number of piperidine rings is 1. The Bertz CT molecular complexity index is 2350. The van der Waals surface area contributed by atoms with Gasteiger partial charge in [-0.3, -0.25) is 9.78 Å². The normalized spacial score (nSPS) is 22.1. The van der Waals surface area contributed by atoms with Gasteiger partial charge in [-0.05, 0) is 107 Å². The van der Waals surface area contributed by atoms with Crippen LogP contribution in [-0.4, -0.2) is 85.4 Å². The zero-order valence-corrected chi connectivity index (χ0v) is 31.9. The molecule has 2 saturated heterocycles. The monoisotopic (exact) mass is 741 g/mol. The molecule has 2 amide bonds. The van der Waals surface area contributed by atoms with E-state index in [1.807, 2.05) is 62.3 Å². The second-order valence-corrected chi connectivity index (χ2v) is 16.8. The summed E-state index contributed by atoms with van der Waals surface area (Å²) in [5, 5.41) is 13.6. The molecule has 4 aromatic heterocycles. The fourth-order valence-corrected chi connectivity index (χ4v) is 9.09. The number of likely N-dealkylation sites (tertiary alicyclic amines) is 1. The third kappa shape index (κ3) is 6.61.